The van der Waals surface area contributed by atoms with Crippen LogP contribution in [0.1, 0.15) is 23.5 Å². The molecule has 1 fully saturated rings. The Morgan fingerprint density at radius 3 is 2.58 bits per heavy atom. The standard InChI is InChI=1S/C14H11.C2H4.2ClH.Zr/c1-2-6-11(5-1)14-10-9-12-7-3-4-8-13(12)14;1-2;;;/h1,3-5,7-10,14H,2H2;1-2H2;2*1H;/q;;;;+2/p-2. The van der Waals surface area contributed by atoms with Gasteiger partial charge in [-0.25, -0.2) is 0 Å². The van der Waals surface area contributed by atoms with E-state index in [-0.39, 0.29) is 24.8 Å². The minimum Gasteiger partial charge on any atom is -1.00 e. The third-order valence-corrected chi connectivity index (χ3v) is 9.80. The van der Waals surface area contributed by atoms with Crippen LogP contribution < -0.4 is 24.8 Å². The van der Waals surface area contributed by atoms with E-state index in [9.17, 15) is 0 Å². The maximum Gasteiger partial charge on any atom is -1.00 e. The summed E-state index contributed by atoms with van der Waals surface area (Å²) >= 11 is -0.968. The molecule has 0 amide bonds. The van der Waals surface area contributed by atoms with Gasteiger partial charge in [0.2, 0.25) is 0 Å². The maximum atomic E-state index is 2.42. The van der Waals surface area contributed by atoms with Gasteiger partial charge in [-0.2, -0.15) is 0 Å². The van der Waals surface area contributed by atoms with Gasteiger partial charge < -0.3 is 24.8 Å². The van der Waals surface area contributed by atoms with Crippen molar-refractivity contribution >= 4 is 6.08 Å². The van der Waals surface area contributed by atoms with Gasteiger partial charge in [-0.3, -0.25) is 0 Å². The molecule has 1 aliphatic heterocycles. The van der Waals surface area contributed by atoms with E-state index >= 15 is 0 Å². The van der Waals surface area contributed by atoms with Gasteiger partial charge in [-0.05, 0) is 0 Å². The van der Waals surface area contributed by atoms with Crippen molar-refractivity contribution in [3.8, 4) is 0 Å². The molecule has 0 radical (unpaired) electrons. The van der Waals surface area contributed by atoms with E-state index in [1.54, 1.807) is 13.8 Å². The maximum absolute atomic E-state index is 2.42. The fourth-order valence-corrected chi connectivity index (χ4v) is 9.25. The zero-order valence-corrected chi connectivity index (χ0v) is 14.5. The SMILES string of the molecule is C1=CC(C2C=Cc3ccccc32)=[C]([Zr+2]2[CH2][CH2]2)C1.[Cl-].[Cl-]. The molecule has 1 aromatic rings. The van der Waals surface area contributed by atoms with E-state index in [4.69, 9.17) is 0 Å². The first-order valence-corrected chi connectivity index (χ1v) is 11.2. The third kappa shape index (κ3) is 2.71. The molecule has 1 unspecified atom stereocenters. The summed E-state index contributed by atoms with van der Waals surface area (Å²) in [6.45, 7) is 0. The fourth-order valence-electron chi connectivity index (χ4n) is 3.05. The van der Waals surface area contributed by atoms with Crippen LogP contribution in [0.15, 0.2) is 51.3 Å². The number of rotatable bonds is 2. The van der Waals surface area contributed by atoms with Crippen molar-refractivity contribution < 1.29 is 46.6 Å². The Labute approximate surface area is 135 Å². The molecule has 1 aromatic carbocycles. The molecule has 19 heavy (non-hydrogen) atoms. The number of hydrogen-bond donors (Lipinski definition) is 0. The summed E-state index contributed by atoms with van der Waals surface area (Å²) in [5, 5.41) is 0. The molecule has 3 aliphatic rings. The van der Waals surface area contributed by atoms with Gasteiger partial charge in [0.1, 0.15) is 0 Å². The predicted octanol–water partition coefficient (Wildman–Crippen LogP) is -1.51. The summed E-state index contributed by atoms with van der Waals surface area (Å²) in [4.78, 5) is 0. The first kappa shape index (κ1) is 15.3. The molecular weight excluding hydrogens is 354 g/mol. The van der Waals surface area contributed by atoms with Crippen molar-refractivity contribution in [1.82, 2.24) is 0 Å². The minimum absolute atomic E-state index is 0. The number of halogens is 2. The van der Waals surface area contributed by atoms with E-state index in [0.717, 1.165) is 0 Å². The summed E-state index contributed by atoms with van der Waals surface area (Å²) in [5.41, 5.74) is 4.63. The molecule has 97 valence electrons. The Hall–Kier alpha value is -0.0969. The Morgan fingerprint density at radius 2 is 1.79 bits per heavy atom. The van der Waals surface area contributed by atoms with Crippen LogP contribution in [-0.4, -0.2) is 0 Å². The second-order valence-corrected chi connectivity index (χ2v) is 12.0. The van der Waals surface area contributed by atoms with Crippen LogP contribution in [0.3, 0.4) is 0 Å². The molecule has 1 heterocycles. The van der Waals surface area contributed by atoms with Gasteiger partial charge in [-0.15, -0.1) is 0 Å². The summed E-state index contributed by atoms with van der Waals surface area (Å²) < 4.78 is 5.14. The van der Waals surface area contributed by atoms with Crippen molar-refractivity contribution in [2.24, 2.45) is 0 Å². The normalized spacial score (nSPS) is 22.1. The Bertz CT molecular complexity index is 568. The van der Waals surface area contributed by atoms with Gasteiger partial charge in [0.15, 0.2) is 0 Å². The van der Waals surface area contributed by atoms with Crippen molar-refractivity contribution in [3.63, 3.8) is 0 Å². The zero-order chi connectivity index (χ0) is 11.2. The average molecular weight is 369 g/mol. The van der Waals surface area contributed by atoms with Gasteiger partial charge in [-0.1, -0.05) is 0 Å². The Kier molecular flexibility index (Phi) is 4.93. The molecule has 2 aliphatic carbocycles. The molecule has 0 nitrogen and oxygen atoms in total. The summed E-state index contributed by atoms with van der Waals surface area (Å²) in [6, 6.07) is 8.86. The molecule has 0 spiro atoms. The molecule has 1 saturated heterocycles. The summed E-state index contributed by atoms with van der Waals surface area (Å²) in [7, 11) is 0. The van der Waals surface area contributed by atoms with Crippen LogP contribution in [0.25, 0.3) is 6.08 Å². The second kappa shape index (κ2) is 6.12. The smallest absolute Gasteiger partial charge is 1.00 e. The van der Waals surface area contributed by atoms with Crippen LogP contribution >= 0.6 is 0 Å². The summed E-state index contributed by atoms with van der Waals surface area (Å²) in [5.74, 6) is 0.577. The topological polar surface area (TPSA) is 0 Å². The van der Waals surface area contributed by atoms with Crippen LogP contribution in [0.5, 0.6) is 0 Å². The number of allylic oxidation sites excluding steroid dienone is 5. The fraction of sp³-hybridized carbons (Fsp3) is 0.250. The molecule has 0 saturated carbocycles. The van der Waals surface area contributed by atoms with Crippen molar-refractivity contribution in [3.05, 3.63) is 62.5 Å². The first-order chi connectivity index (χ1) is 8.43. The molecule has 0 bridgehead atoms. The second-order valence-electron chi connectivity index (χ2n) is 5.11. The largest absolute Gasteiger partial charge is 1.00 e. The third-order valence-electron chi connectivity index (χ3n) is 4.03. The first-order valence-electron chi connectivity index (χ1n) is 6.45. The van der Waals surface area contributed by atoms with Gasteiger partial charge in [0, 0.05) is 0 Å². The molecule has 1 atom stereocenters. The van der Waals surface area contributed by atoms with Gasteiger partial charge >= 0.3 is 111 Å². The quantitative estimate of drug-likeness (QED) is 0.595. The van der Waals surface area contributed by atoms with Crippen molar-refractivity contribution in [2.75, 3.05) is 0 Å². The number of benzene rings is 1. The molecule has 4 rings (SSSR count). The molecular formula is C16H15Cl2Zr. The molecule has 3 heteroatoms. The van der Waals surface area contributed by atoms with Crippen molar-refractivity contribution in [2.45, 2.75) is 20.6 Å². The molecule has 0 N–H and O–H groups in total. The average Bonchev–Trinajstić information content (AvgIpc) is 2.94. The van der Waals surface area contributed by atoms with Crippen LogP contribution in [0.4, 0.5) is 0 Å². The Balaban J connectivity index is 0.000000667. The van der Waals surface area contributed by atoms with Gasteiger partial charge in [0.25, 0.3) is 0 Å². The van der Waals surface area contributed by atoms with Crippen molar-refractivity contribution in [1.29, 1.82) is 0 Å². The van der Waals surface area contributed by atoms with E-state index < -0.39 is 21.8 Å². The monoisotopic (exact) mass is 367 g/mol. The van der Waals surface area contributed by atoms with Crippen LogP contribution in [-0.2, 0) is 21.8 Å². The predicted molar refractivity (Wildman–Crippen MR) is 68.6 cm³/mol. The van der Waals surface area contributed by atoms with E-state index in [1.165, 1.54) is 17.5 Å². The van der Waals surface area contributed by atoms with Crippen LogP contribution in [0, 0.1) is 0 Å². The number of hydrogen-bond acceptors (Lipinski definition) is 0. The minimum atomic E-state index is -0.968. The van der Waals surface area contributed by atoms with Crippen LogP contribution in [0.2, 0.25) is 8.26 Å². The zero-order valence-electron chi connectivity index (χ0n) is 10.6. The van der Waals surface area contributed by atoms with E-state index in [1.807, 2.05) is 3.28 Å². The Morgan fingerprint density at radius 1 is 1.00 bits per heavy atom. The summed E-state index contributed by atoms with van der Waals surface area (Å²) in [6.07, 6.45) is 10.8. The van der Waals surface area contributed by atoms with E-state index in [2.05, 4.69) is 48.6 Å². The van der Waals surface area contributed by atoms with Gasteiger partial charge in [0.05, 0.1) is 0 Å². The number of fused-ring (bicyclic) bond motifs is 1. The molecule has 0 aromatic heterocycles. The van der Waals surface area contributed by atoms with E-state index in [0.29, 0.717) is 5.92 Å².